The van der Waals surface area contributed by atoms with E-state index in [0.29, 0.717) is 17.4 Å². The zero-order valence-corrected chi connectivity index (χ0v) is 18.9. The number of benzene rings is 3. The van der Waals surface area contributed by atoms with Crippen molar-refractivity contribution in [2.24, 2.45) is 5.10 Å². The van der Waals surface area contributed by atoms with Crippen LogP contribution in [-0.4, -0.2) is 31.8 Å². The number of nitrogens with zero attached hydrogens (tertiary/aromatic N) is 5. The molecule has 0 fully saturated rings. The highest BCUT2D eigenvalue weighted by Gasteiger charge is 2.11. The average Bonchev–Trinajstić information content (AvgIpc) is 3.28. The summed E-state index contributed by atoms with van der Waals surface area (Å²) in [5.74, 6) is -0.674. The first-order valence-corrected chi connectivity index (χ1v) is 11.0. The van der Waals surface area contributed by atoms with Crippen LogP contribution in [0.3, 0.4) is 0 Å². The van der Waals surface area contributed by atoms with Crippen molar-refractivity contribution in [2.75, 3.05) is 0 Å². The molecule has 0 aliphatic carbocycles. The summed E-state index contributed by atoms with van der Waals surface area (Å²) in [6.45, 7) is 0.444. The number of rotatable bonds is 5. The predicted octanol–water partition coefficient (Wildman–Crippen LogP) is 4.63. The van der Waals surface area contributed by atoms with Gasteiger partial charge in [-0.1, -0.05) is 35.9 Å². The molecule has 2 heterocycles. The number of para-hydroxylation sites is 2. The van der Waals surface area contributed by atoms with E-state index in [-0.39, 0.29) is 16.9 Å². The van der Waals surface area contributed by atoms with E-state index in [2.05, 4.69) is 20.5 Å². The summed E-state index contributed by atoms with van der Waals surface area (Å²) >= 11 is 6.40. The average molecular weight is 481 g/mol. The summed E-state index contributed by atoms with van der Waals surface area (Å²) in [7, 11) is 0. The Morgan fingerprint density at radius 2 is 1.91 bits per heavy atom. The van der Waals surface area contributed by atoms with Gasteiger partial charge in [0.25, 0.3) is 5.91 Å². The lowest BCUT2D eigenvalue weighted by Crippen LogP contribution is -2.17. The minimum atomic E-state index is -0.494. The smallest absolute Gasteiger partial charge is 0.271 e. The van der Waals surface area contributed by atoms with Gasteiger partial charge < -0.3 is 9.67 Å². The molecule has 2 aromatic heterocycles. The Kier molecular flexibility index (Phi) is 5.83. The van der Waals surface area contributed by atoms with Gasteiger partial charge in [0.2, 0.25) is 0 Å². The van der Waals surface area contributed by atoms with Gasteiger partial charge in [0.1, 0.15) is 11.8 Å². The van der Waals surface area contributed by atoms with Crippen molar-refractivity contribution >= 4 is 45.7 Å². The molecule has 5 rings (SSSR count). The largest absolute Gasteiger partial charge is 0.507 e. The molecular formula is C26H17ClN6O2. The van der Waals surface area contributed by atoms with Crippen molar-refractivity contribution in [3.05, 3.63) is 100 Å². The molecule has 5 aromatic rings. The molecule has 0 atom stereocenters. The van der Waals surface area contributed by atoms with E-state index in [9.17, 15) is 9.90 Å². The number of hydrazone groups is 1. The molecule has 0 bridgehead atoms. The lowest BCUT2D eigenvalue weighted by Gasteiger charge is -2.08. The molecule has 0 spiro atoms. The van der Waals surface area contributed by atoms with Gasteiger partial charge in [0.15, 0.2) is 5.15 Å². The van der Waals surface area contributed by atoms with Crippen molar-refractivity contribution < 1.29 is 9.90 Å². The molecule has 0 saturated carbocycles. The normalized spacial score (nSPS) is 11.2. The molecule has 1 amide bonds. The van der Waals surface area contributed by atoms with Gasteiger partial charge in [-0.2, -0.15) is 10.4 Å². The number of phenolic OH excluding ortho intramolecular Hbond substituents is 1. The van der Waals surface area contributed by atoms with E-state index in [0.717, 1.165) is 27.5 Å². The number of fused-ring (bicyclic) bond motifs is 2. The lowest BCUT2D eigenvalue weighted by atomic mass is 10.1. The topological polar surface area (TPSA) is 116 Å². The summed E-state index contributed by atoms with van der Waals surface area (Å²) in [5.41, 5.74) is 6.63. The lowest BCUT2D eigenvalue weighted by molar-refractivity contribution is 0.0955. The van der Waals surface area contributed by atoms with Crippen LogP contribution in [0.2, 0.25) is 5.15 Å². The van der Waals surface area contributed by atoms with Crippen molar-refractivity contribution in [3.63, 3.8) is 0 Å². The summed E-state index contributed by atoms with van der Waals surface area (Å²) in [6, 6.07) is 21.2. The Bertz CT molecular complexity index is 1670. The number of carbonyl (C=O) groups is 1. The van der Waals surface area contributed by atoms with Crippen molar-refractivity contribution in [1.82, 2.24) is 20.0 Å². The molecule has 35 heavy (non-hydrogen) atoms. The Morgan fingerprint density at radius 3 is 2.71 bits per heavy atom. The van der Waals surface area contributed by atoms with Crippen molar-refractivity contribution in [3.8, 4) is 11.8 Å². The molecule has 8 nitrogen and oxygen atoms in total. The number of phenols is 1. The zero-order chi connectivity index (χ0) is 24.4. The highest BCUT2D eigenvalue weighted by molar-refractivity contribution is 6.30. The maximum absolute atomic E-state index is 12.4. The Labute approximate surface area is 204 Å². The number of aromatic hydroxyl groups is 1. The molecule has 9 heteroatoms. The molecule has 0 unspecified atom stereocenters. The predicted molar refractivity (Wildman–Crippen MR) is 133 cm³/mol. The quantitative estimate of drug-likeness (QED) is 0.281. The van der Waals surface area contributed by atoms with E-state index >= 15 is 0 Å². The van der Waals surface area contributed by atoms with Gasteiger partial charge in [0, 0.05) is 28.2 Å². The van der Waals surface area contributed by atoms with Crippen LogP contribution in [0.1, 0.15) is 27.2 Å². The monoisotopic (exact) mass is 480 g/mol. The third-order valence-corrected chi connectivity index (χ3v) is 5.81. The molecule has 170 valence electrons. The Morgan fingerprint density at radius 1 is 1.11 bits per heavy atom. The number of aromatic nitrogens is 3. The summed E-state index contributed by atoms with van der Waals surface area (Å²) < 4.78 is 2.02. The molecule has 0 radical (unpaired) electrons. The van der Waals surface area contributed by atoms with Crippen LogP contribution in [0.25, 0.3) is 21.9 Å². The first kappa shape index (κ1) is 22.1. The van der Waals surface area contributed by atoms with Crippen molar-refractivity contribution in [2.45, 2.75) is 6.54 Å². The number of halogens is 1. The number of carbonyl (C=O) groups excluding carboxylic acids is 1. The molecule has 0 aliphatic heterocycles. The number of hydrogen-bond acceptors (Lipinski definition) is 6. The van der Waals surface area contributed by atoms with Gasteiger partial charge in [0.05, 0.1) is 35.1 Å². The molecule has 0 saturated heterocycles. The van der Waals surface area contributed by atoms with Crippen LogP contribution in [0.5, 0.6) is 5.75 Å². The van der Waals surface area contributed by atoms with E-state index in [4.69, 9.17) is 16.9 Å². The van der Waals surface area contributed by atoms with E-state index in [1.807, 2.05) is 65.4 Å². The van der Waals surface area contributed by atoms with E-state index in [1.165, 1.54) is 18.2 Å². The fourth-order valence-corrected chi connectivity index (χ4v) is 3.96. The fourth-order valence-electron chi connectivity index (χ4n) is 3.77. The molecule has 2 N–H and O–H groups in total. The van der Waals surface area contributed by atoms with Gasteiger partial charge in [-0.25, -0.2) is 15.4 Å². The van der Waals surface area contributed by atoms with Crippen LogP contribution in [0.4, 0.5) is 0 Å². The molecular weight excluding hydrogens is 464 g/mol. The Balaban J connectivity index is 1.37. The van der Waals surface area contributed by atoms with Crippen LogP contribution in [-0.2, 0) is 6.54 Å². The highest BCUT2D eigenvalue weighted by Crippen LogP contribution is 2.23. The second-order valence-corrected chi connectivity index (χ2v) is 8.07. The first-order valence-electron chi connectivity index (χ1n) is 10.6. The van der Waals surface area contributed by atoms with E-state index in [1.54, 1.807) is 6.21 Å². The molecule has 0 aliphatic rings. The number of nitriles is 1. The number of hydrogen-bond donors (Lipinski definition) is 2. The second-order valence-electron chi connectivity index (χ2n) is 7.72. The zero-order valence-electron chi connectivity index (χ0n) is 18.2. The number of amides is 1. The van der Waals surface area contributed by atoms with Gasteiger partial charge in [-0.15, -0.1) is 0 Å². The minimum Gasteiger partial charge on any atom is -0.507 e. The fraction of sp³-hybridized carbons (Fsp3) is 0.0385. The van der Waals surface area contributed by atoms with E-state index < -0.39 is 5.91 Å². The maximum Gasteiger partial charge on any atom is 0.271 e. The van der Waals surface area contributed by atoms with Gasteiger partial charge in [-0.3, -0.25) is 4.79 Å². The minimum absolute atomic E-state index is 0.0175. The third kappa shape index (κ3) is 4.40. The van der Waals surface area contributed by atoms with Crippen LogP contribution < -0.4 is 5.43 Å². The van der Waals surface area contributed by atoms with Gasteiger partial charge >= 0.3 is 0 Å². The SMILES string of the molecule is N#Cc1cc(C(=O)N/N=C/c2cccc3c2ccn3Cc2nc3ccccc3nc2Cl)ccc1O. The highest BCUT2D eigenvalue weighted by atomic mass is 35.5. The maximum atomic E-state index is 12.4. The molecule has 3 aromatic carbocycles. The van der Waals surface area contributed by atoms with Crippen LogP contribution in [0, 0.1) is 11.3 Å². The van der Waals surface area contributed by atoms with Crippen LogP contribution in [0.15, 0.2) is 78.0 Å². The first-order chi connectivity index (χ1) is 17.0. The second kappa shape index (κ2) is 9.25. The summed E-state index contributed by atoms with van der Waals surface area (Å²) in [4.78, 5) is 21.5. The van der Waals surface area contributed by atoms with Crippen molar-refractivity contribution in [1.29, 1.82) is 5.26 Å². The standard InChI is InChI=1S/C26H17ClN6O2/c27-25-22(30-20-5-1-2-6-21(20)31-25)15-33-11-10-19-17(4-3-7-23(19)33)14-29-32-26(35)16-8-9-24(34)18(12-16)13-28/h1-12,14,34H,15H2,(H,32,35)/b29-14+. The summed E-state index contributed by atoms with van der Waals surface area (Å²) in [6.07, 6.45) is 3.49. The summed E-state index contributed by atoms with van der Waals surface area (Å²) in [5, 5.41) is 24.0. The van der Waals surface area contributed by atoms with Crippen LogP contribution >= 0.6 is 11.6 Å². The Hall–Kier alpha value is -4.74. The number of nitrogens with one attached hydrogen (secondary N) is 1. The third-order valence-electron chi connectivity index (χ3n) is 5.51. The van der Waals surface area contributed by atoms with Gasteiger partial charge in [-0.05, 0) is 42.5 Å².